The minimum atomic E-state index is -3.83. The third-order valence-electron chi connectivity index (χ3n) is 14.5. The fourth-order valence-corrected chi connectivity index (χ4v) is 31.5. The summed E-state index contributed by atoms with van der Waals surface area (Å²) in [7, 11) is 0. The molecule has 0 spiro atoms. The van der Waals surface area contributed by atoms with Crippen LogP contribution < -0.4 is 0 Å². The van der Waals surface area contributed by atoms with Crippen LogP contribution in [-0.4, -0.2) is 6.88 Å². The molecule has 2 fully saturated rings. The quantitative estimate of drug-likeness (QED) is 0.139. The van der Waals surface area contributed by atoms with Gasteiger partial charge in [-0.2, -0.15) is 0 Å². The van der Waals surface area contributed by atoms with E-state index in [4.69, 9.17) is 0 Å². The van der Waals surface area contributed by atoms with Gasteiger partial charge < -0.3 is 0 Å². The van der Waals surface area contributed by atoms with Crippen LogP contribution >= 0.6 is 24.8 Å². The Hall–Kier alpha value is -1.96. The molecule has 4 aliphatic carbocycles. The second-order valence-electron chi connectivity index (χ2n) is 19.8. The third-order valence-corrected chi connectivity index (χ3v) is 32.0. The fraction of sp³-hybridized carbons (Fsp3) is 0.462. The predicted molar refractivity (Wildman–Crippen MR) is 251 cm³/mol. The van der Waals surface area contributed by atoms with E-state index in [1.54, 1.807) is 22.3 Å². The van der Waals surface area contributed by atoms with E-state index in [1.165, 1.54) is 122 Å². The first-order chi connectivity index (χ1) is 26.0. The Morgan fingerprint density at radius 3 is 1.21 bits per heavy atom. The molecule has 4 aliphatic rings. The molecule has 2 saturated carbocycles. The van der Waals surface area contributed by atoms with Crippen molar-refractivity contribution >= 4 is 43.8 Å². The Morgan fingerprint density at radius 1 is 0.518 bits per heavy atom. The molecule has 0 nitrogen and oxygen atoms in total. The Labute approximate surface area is 355 Å². The second-order valence-corrected chi connectivity index (χ2v) is 50.3. The van der Waals surface area contributed by atoms with Crippen LogP contribution in [0.5, 0.6) is 0 Å². The van der Waals surface area contributed by atoms with Crippen molar-refractivity contribution in [2.45, 2.75) is 133 Å². The van der Waals surface area contributed by atoms with Crippen molar-refractivity contribution < 1.29 is 17.4 Å². The van der Waals surface area contributed by atoms with Gasteiger partial charge in [-0.05, 0) is 0 Å². The first-order valence-electron chi connectivity index (χ1n) is 21.9. The van der Waals surface area contributed by atoms with E-state index in [2.05, 4.69) is 141 Å². The SMILES string of the molecule is CC(C)c1ccc(-c2cccc3c2C=C(CC2CCCCC2)[CH]3[Zr]([CH3])([CH3])(=[SiH2])[CH]2C(CC3CCCCC3)=Cc3c(-c4ccc(C(C)C)cc4)cccc32)cc1.Cl.Cl. The van der Waals surface area contributed by atoms with Gasteiger partial charge in [0.15, 0.2) is 0 Å². The summed E-state index contributed by atoms with van der Waals surface area (Å²) in [5.74, 6) is 2.76. The molecular formula is C52H68Cl2SiZr. The zero-order valence-corrected chi connectivity index (χ0v) is 40.7. The maximum absolute atomic E-state index is 3.83. The summed E-state index contributed by atoms with van der Waals surface area (Å²) in [4.78, 5) is 0. The van der Waals surface area contributed by atoms with Crippen LogP contribution in [0.2, 0.25) is 9.26 Å². The van der Waals surface area contributed by atoms with Crippen molar-refractivity contribution in [1.29, 1.82) is 0 Å². The van der Waals surface area contributed by atoms with Crippen molar-refractivity contribution in [2.24, 2.45) is 11.8 Å². The van der Waals surface area contributed by atoms with E-state index < -0.39 is 17.4 Å². The maximum atomic E-state index is 2.90. The van der Waals surface area contributed by atoms with Gasteiger partial charge in [-0.3, -0.25) is 0 Å². The molecule has 0 saturated heterocycles. The molecule has 0 aliphatic heterocycles. The maximum Gasteiger partial charge on any atom is -0.147 e. The first-order valence-corrected chi connectivity index (χ1v) is 35.6. The largest absolute Gasteiger partial charge is 0.147 e. The molecule has 4 aromatic rings. The smallest absolute Gasteiger partial charge is 0.147 e. The van der Waals surface area contributed by atoms with Gasteiger partial charge >= 0.3 is 333 Å². The van der Waals surface area contributed by atoms with E-state index in [0.717, 1.165) is 11.8 Å². The number of allylic oxidation sites excluding steroid dienone is 2. The van der Waals surface area contributed by atoms with E-state index in [0.29, 0.717) is 19.1 Å². The van der Waals surface area contributed by atoms with Crippen molar-refractivity contribution in [1.82, 2.24) is 0 Å². The van der Waals surface area contributed by atoms with Crippen LogP contribution in [0.15, 0.2) is 96.1 Å². The fourth-order valence-electron chi connectivity index (χ4n) is 11.7. The summed E-state index contributed by atoms with van der Waals surface area (Å²) < 4.78 is 6.93. The summed E-state index contributed by atoms with van der Waals surface area (Å²) in [6, 6.07) is 33.9. The summed E-state index contributed by atoms with van der Waals surface area (Å²) in [5, 5.41) is 0. The van der Waals surface area contributed by atoms with E-state index in [-0.39, 0.29) is 24.8 Å². The molecule has 4 heteroatoms. The van der Waals surface area contributed by atoms with Gasteiger partial charge in [0.25, 0.3) is 0 Å². The van der Waals surface area contributed by atoms with Crippen LogP contribution in [0.3, 0.4) is 0 Å². The van der Waals surface area contributed by atoms with Crippen molar-refractivity contribution in [2.75, 3.05) is 0 Å². The molecule has 298 valence electrons. The van der Waals surface area contributed by atoms with Gasteiger partial charge in [-0.1, -0.05) is 0 Å². The average molecular weight is 883 g/mol. The molecule has 0 N–H and O–H groups in total. The summed E-state index contributed by atoms with van der Waals surface area (Å²) in [6.45, 7) is 11.8. The van der Waals surface area contributed by atoms with Gasteiger partial charge in [0.05, 0.1) is 0 Å². The van der Waals surface area contributed by atoms with Gasteiger partial charge in [0.2, 0.25) is 0 Å². The topological polar surface area (TPSA) is 0 Å². The number of hydrogen-bond acceptors (Lipinski definition) is 0. The Bertz CT molecular complexity index is 1970. The monoisotopic (exact) mass is 880 g/mol. The van der Waals surface area contributed by atoms with Crippen LogP contribution in [0.25, 0.3) is 34.4 Å². The molecule has 2 unspecified atom stereocenters. The molecule has 0 aromatic heterocycles. The van der Waals surface area contributed by atoms with E-state index in [1.807, 2.05) is 0 Å². The van der Waals surface area contributed by atoms with Crippen LogP contribution in [-0.2, 0) is 17.4 Å². The van der Waals surface area contributed by atoms with Crippen LogP contribution in [0, 0.1) is 11.8 Å². The molecule has 8 rings (SSSR count). The molecule has 56 heavy (non-hydrogen) atoms. The molecule has 2 atom stereocenters. The molecule has 0 amide bonds. The summed E-state index contributed by atoms with van der Waals surface area (Å²) in [6.07, 6.45) is 22.2. The molecular weight excluding hydrogens is 815 g/mol. The van der Waals surface area contributed by atoms with E-state index >= 15 is 0 Å². The average Bonchev–Trinajstić information content (AvgIpc) is 3.75. The van der Waals surface area contributed by atoms with Crippen LogP contribution in [0.1, 0.15) is 157 Å². The number of rotatable bonds is 10. The number of benzene rings is 4. The number of fused-ring (bicyclic) bond motifs is 2. The standard InChI is InChI=1S/2C25H29.2CH3.2ClH.H2Si.Zr/c2*1-18(2)21-11-13-22(14-12-21)24-10-6-9-23-16-20(17-25(23)24)15-19-7-4-3-5-8-19;;;;;;/h2*6,9-14,16-19H,3-5,7-8,15H2,1-2H3;2*1H3;2*1H;1H2;. The zero-order valence-electron chi connectivity index (χ0n) is 35.2. The van der Waals surface area contributed by atoms with E-state index in [9.17, 15) is 0 Å². The zero-order chi connectivity index (χ0) is 37.6. The van der Waals surface area contributed by atoms with Gasteiger partial charge in [-0.25, -0.2) is 0 Å². The Kier molecular flexibility index (Phi) is 13.8. The second kappa shape index (κ2) is 17.7. The number of hydrogen-bond donors (Lipinski definition) is 0. The predicted octanol–water partition coefficient (Wildman–Crippen LogP) is 16.0. The van der Waals surface area contributed by atoms with Crippen molar-refractivity contribution in [3.8, 4) is 22.3 Å². The summed E-state index contributed by atoms with van der Waals surface area (Å²) in [5.41, 5.74) is 18.5. The minimum absolute atomic E-state index is 0. The summed E-state index contributed by atoms with van der Waals surface area (Å²) >= 11 is -3.83. The van der Waals surface area contributed by atoms with Gasteiger partial charge in [-0.15, -0.1) is 24.8 Å². The van der Waals surface area contributed by atoms with Crippen molar-refractivity contribution in [3.05, 3.63) is 129 Å². The normalized spacial score (nSPS) is 20.2. The minimum Gasteiger partial charge on any atom is -0.147 e. The molecule has 0 heterocycles. The number of halogens is 2. The molecule has 0 bridgehead atoms. The first kappa shape index (κ1) is 43.6. The molecule has 0 radical (unpaired) electrons. The Balaban J connectivity index is 0.00000266. The third kappa shape index (κ3) is 8.53. The van der Waals surface area contributed by atoms with Gasteiger partial charge in [0.1, 0.15) is 0 Å². The molecule has 4 aromatic carbocycles. The van der Waals surface area contributed by atoms with Crippen molar-refractivity contribution in [3.63, 3.8) is 0 Å². The van der Waals surface area contributed by atoms with Crippen LogP contribution in [0.4, 0.5) is 0 Å². The van der Waals surface area contributed by atoms with Gasteiger partial charge in [0, 0.05) is 0 Å². The Morgan fingerprint density at radius 2 is 0.875 bits per heavy atom.